The van der Waals surface area contributed by atoms with E-state index in [1.165, 1.54) is 0 Å². The summed E-state index contributed by atoms with van der Waals surface area (Å²) >= 11 is 0. The Hall–Kier alpha value is -0.120. The van der Waals surface area contributed by atoms with Gasteiger partial charge in [-0.25, -0.2) is 0 Å². The molecule has 0 aromatic rings. The molecule has 1 heterocycles. The minimum absolute atomic E-state index is 0.0853. The van der Waals surface area contributed by atoms with Crippen LogP contribution in [0.15, 0.2) is 0 Å². The summed E-state index contributed by atoms with van der Waals surface area (Å²) in [4.78, 5) is 2.20. The van der Waals surface area contributed by atoms with E-state index in [1.54, 1.807) is 0 Å². The molecule has 0 aromatic carbocycles. The van der Waals surface area contributed by atoms with Crippen LogP contribution < -0.4 is 0 Å². The second-order valence-corrected chi connectivity index (χ2v) is 4.17. The van der Waals surface area contributed by atoms with Crippen LogP contribution in [0.3, 0.4) is 0 Å². The Labute approximate surface area is 74.0 Å². The second-order valence-electron chi connectivity index (χ2n) is 4.17. The highest BCUT2D eigenvalue weighted by Gasteiger charge is 2.34. The Morgan fingerprint density at radius 1 is 1.50 bits per heavy atom. The van der Waals surface area contributed by atoms with E-state index in [2.05, 4.69) is 11.9 Å². The van der Waals surface area contributed by atoms with Gasteiger partial charge in [-0.05, 0) is 26.4 Å². The van der Waals surface area contributed by atoms with E-state index in [4.69, 9.17) is 5.11 Å². The Morgan fingerprint density at radius 3 is 2.75 bits per heavy atom. The topological polar surface area (TPSA) is 43.7 Å². The Bertz CT molecular complexity index is 151. The van der Waals surface area contributed by atoms with Crippen LogP contribution >= 0.6 is 0 Å². The fourth-order valence-corrected chi connectivity index (χ4v) is 1.60. The molecule has 0 radical (unpaired) electrons. The van der Waals surface area contributed by atoms with Crippen molar-refractivity contribution in [3.8, 4) is 0 Å². The summed E-state index contributed by atoms with van der Waals surface area (Å²) in [6, 6.07) is 0. The molecule has 3 nitrogen and oxygen atoms in total. The smallest absolute Gasteiger partial charge is 0.0628 e. The van der Waals surface area contributed by atoms with Gasteiger partial charge in [-0.1, -0.05) is 6.92 Å². The highest BCUT2D eigenvalue weighted by atomic mass is 16.3. The lowest BCUT2D eigenvalue weighted by Gasteiger charge is -2.30. The maximum Gasteiger partial charge on any atom is 0.0628 e. The van der Waals surface area contributed by atoms with Crippen LogP contribution in [-0.4, -0.2) is 48.0 Å². The minimum atomic E-state index is -0.354. The summed E-state index contributed by atoms with van der Waals surface area (Å²) in [5.74, 6) is 0. The first-order chi connectivity index (χ1) is 5.58. The normalized spacial score (nSPS) is 39.5. The van der Waals surface area contributed by atoms with Crippen molar-refractivity contribution in [2.45, 2.75) is 25.9 Å². The molecule has 0 amide bonds. The van der Waals surface area contributed by atoms with E-state index >= 15 is 0 Å². The first-order valence-corrected chi connectivity index (χ1v) is 4.56. The standard InChI is InChI=1S/C9H19NO2/c1-9(7-11)4-6-10(2)5-3-8(9)12/h8,11-12H,3-7H2,1-2H3. The van der Waals surface area contributed by atoms with Crippen molar-refractivity contribution in [1.82, 2.24) is 4.90 Å². The molecule has 72 valence electrons. The number of likely N-dealkylation sites (tertiary alicyclic amines) is 1. The molecule has 0 bridgehead atoms. The van der Waals surface area contributed by atoms with Gasteiger partial charge in [0, 0.05) is 12.0 Å². The monoisotopic (exact) mass is 173 g/mol. The second kappa shape index (κ2) is 3.73. The van der Waals surface area contributed by atoms with Crippen molar-refractivity contribution in [2.24, 2.45) is 5.41 Å². The minimum Gasteiger partial charge on any atom is -0.396 e. The van der Waals surface area contributed by atoms with Gasteiger partial charge in [0.2, 0.25) is 0 Å². The van der Waals surface area contributed by atoms with Gasteiger partial charge in [-0.2, -0.15) is 0 Å². The maximum atomic E-state index is 9.74. The average Bonchev–Trinajstić information content (AvgIpc) is 2.19. The highest BCUT2D eigenvalue weighted by Crippen LogP contribution is 2.30. The van der Waals surface area contributed by atoms with Crippen LogP contribution in [0, 0.1) is 5.41 Å². The molecular weight excluding hydrogens is 154 g/mol. The molecule has 0 saturated carbocycles. The van der Waals surface area contributed by atoms with Gasteiger partial charge in [-0.15, -0.1) is 0 Å². The van der Waals surface area contributed by atoms with Gasteiger partial charge in [-0.3, -0.25) is 0 Å². The summed E-state index contributed by atoms with van der Waals surface area (Å²) in [6.45, 7) is 3.93. The predicted molar refractivity (Wildman–Crippen MR) is 47.9 cm³/mol. The molecule has 1 fully saturated rings. The van der Waals surface area contributed by atoms with Crippen LogP contribution in [0.5, 0.6) is 0 Å². The van der Waals surface area contributed by atoms with Crippen LogP contribution in [0.2, 0.25) is 0 Å². The fraction of sp³-hybridized carbons (Fsp3) is 1.00. The molecule has 2 atom stereocenters. The summed E-state index contributed by atoms with van der Waals surface area (Å²) in [5.41, 5.74) is -0.287. The lowest BCUT2D eigenvalue weighted by molar-refractivity contribution is -0.00644. The molecular formula is C9H19NO2. The molecule has 1 aliphatic rings. The van der Waals surface area contributed by atoms with Gasteiger partial charge in [0.25, 0.3) is 0 Å². The molecule has 0 aromatic heterocycles. The van der Waals surface area contributed by atoms with E-state index in [9.17, 15) is 5.11 Å². The fourth-order valence-electron chi connectivity index (χ4n) is 1.60. The first-order valence-electron chi connectivity index (χ1n) is 4.56. The lowest BCUT2D eigenvalue weighted by atomic mass is 9.81. The molecule has 12 heavy (non-hydrogen) atoms. The first kappa shape index (κ1) is 9.96. The number of aliphatic hydroxyl groups is 2. The molecule has 1 saturated heterocycles. The van der Waals surface area contributed by atoms with E-state index in [-0.39, 0.29) is 18.1 Å². The maximum absolute atomic E-state index is 9.74. The van der Waals surface area contributed by atoms with Crippen LogP contribution in [0.25, 0.3) is 0 Å². The van der Waals surface area contributed by atoms with Crippen molar-refractivity contribution in [3.63, 3.8) is 0 Å². The van der Waals surface area contributed by atoms with E-state index < -0.39 is 0 Å². The molecule has 3 heteroatoms. The number of rotatable bonds is 1. The van der Waals surface area contributed by atoms with Crippen molar-refractivity contribution in [1.29, 1.82) is 0 Å². The summed E-state index contributed by atoms with van der Waals surface area (Å²) in [7, 11) is 2.05. The van der Waals surface area contributed by atoms with E-state index in [0.29, 0.717) is 0 Å². The van der Waals surface area contributed by atoms with E-state index in [1.807, 2.05) is 6.92 Å². The number of aliphatic hydroxyl groups excluding tert-OH is 2. The Balaban J connectivity index is 2.61. The third-order valence-corrected chi connectivity index (χ3v) is 3.01. The predicted octanol–water partition coefficient (Wildman–Crippen LogP) is 0.0715. The number of hydrogen-bond acceptors (Lipinski definition) is 3. The summed E-state index contributed by atoms with van der Waals surface area (Å²) in [5, 5.41) is 18.9. The van der Waals surface area contributed by atoms with E-state index in [0.717, 1.165) is 25.9 Å². The SMILES string of the molecule is CN1CCC(O)C(C)(CO)CC1. The zero-order valence-corrected chi connectivity index (χ0v) is 7.95. The third kappa shape index (κ3) is 1.97. The molecule has 1 rings (SSSR count). The largest absolute Gasteiger partial charge is 0.396 e. The van der Waals surface area contributed by atoms with Crippen molar-refractivity contribution >= 4 is 0 Å². The van der Waals surface area contributed by atoms with Crippen LogP contribution in [0.4, 0.5) is 0 Å². The average molecular weight is 173 g/mol. The zero-order chi connectivity index (χ0) is 9.19. The van der Waals surface area contributed by atoms with Crippen LogP contribution in [-0.2, 0) is 0 Å². The van der Waals surface area contributed by atoms with Crippen molar-refractivity contribution in [3.05, 3.63) is 0 Å². The zero-order valence-electron chi connectivity index (χ0n) is 7.95. The number of hydrogen-bond donors (Lipinski definition) is 2. The molecule has 1 aliphatic heterocycles. The summed E-state index contributed by atoms with van der Waals surface area (Å²) in [6.07, 6.45) is 1.29. The quantitative estimate of drug-likeness (QED) is 0.590. The molecule has 0 spiro atoms. The van der Waals surface area contributed by atoms with Gasteiger partial charge < -0.3 is 15.1 Å². The summed E-state index contributed by atoms with van der Waals surface area (Å²) < 4.78 is 0. The van der Waals surface area contributed by atoms with Crippen LogP contribution in [0.1, 0.15) is 19.8 Å². The lowest BCUT2D eigenvalue weighted by Crippen LogP contribution is -2.35. The van der Waals surface area contributed by atoms with Crippen molar-refractivity contribution in [2.75, 3.05) is 26.7 Å². The highest BCUT2D eigenvalue weighted by molar-refractivity contribution is 4.85. The number of nitrogens with zero attached hydrogens (tertiary/aromatic N) is 1. The van der Waals surface area contributed by atoms with Crippen molar-refractivity contribution < 1.29 is 10.2 Å². The van der Waals surface area contributed by atoms with Gasteiger partial charge >= 0.3 is 0 Å². The third-order valence-electron chi connectivity index (χ3n) is 3.01. The molecule has 0 aliphatic carbocycles. The van der Waals surface area contributed by atoms with Gasteiger partial charge in [0.15, 0.2) is 0 Å². The Morgan fingerprint density at radius 2 is 2.17 bits per heavy atom. The Kier molecular flexibility index (Phi) is 3.09. The molecule has 2 unspecified atom stereocenters. The van der Waals surface area contributed by atoms with Gasteiger partial charge in [0.05, 0.1) is 12.7 Å². The van der Waals surface area contributed by atoms with Gasteiger partial charge in [0.1, 0.15) is 0 Å². The molecule has 2 N–H and O–H groups in total.